The Balaban J connectivity index is 1.81. The maximum absolute atomic E-state index is 3.67. The van der Waals surface area contributed by atoms with Gasteiger partial charge in [0.1, 0.15) is 0 Å². The van der Waals surface area contributed by atoms with Gasteiger partial charge >= 0.3 is 0 Å². The molecule has 1 N–H and O–H groups in total. The Morgan fingerprint density at radius 1 is 1.62 bits per heavy atom. The van der Waals surface area contributed by atoms with Crippen molar-refractivity contribution in [3.63, 3.8) is 0 Å². The van der Waals surface area contributed by atoms with Crippen LogP contribution >= 0.6 is 27.3 Å². The van der Waals surface area contributed by atoms with E-state index in [1.54, 1.807) is 0 Å². The van der Waals surface area contributed by atoms with Crippen LogP contribution in [0.3, 0.4) is 0 Å². The molecule has 1 aromatic heterocycles. The van der Waals surface area contributed by atoms with E-state index in [0.717, 1.165) is 6.54 Å². The van der Waals surface area contributed by atoms with Gasteiger partial charge in [0.05, 0.1) is 0 Å². The van der Waals surface area contributed by atoms with E-state index in [1.165, 1.54) is 28.7 Å². The highest BCUT2D eigenvalue weighted by Crippen LogP contribution is 2.23. The molecule has 2 rings (SSSR count). The lowest BCUT2D eigenvalue weighted by Crippen LogP contribution is -2.45. The van der Waals surface area contributed by atoms with Crippen molar-refractivity contribution >= 4 is 27.3 Å². The zero-order valence-corrected chi connectivity index (χ0v) is 12.3. The second kappa shape index (κ2) is 5.63. The number of nitrogens with zero attached hydrogens (tertiary/aromatic N) is 1. The molecule has 0 saturated carbocycles. The second-order valence-corrected chi connectivity index (χ2v) is 6.48. The molecule has 4 heteroatoms. The van der Waals surface area contributed by atoms with Crippen LogP contribution in [0.15, 0.2) is 15.9 Å². The van der Waals surface area contributed by atoms with Crippen LogP contribution in [-0.4, -0.2) is 30.6 Å². The van der Waals surface area contributed by atoms with E-state index in [4.69, 9.17) is 0 Å². The van der Waals surface area contributed by atoms with Crippen LogP contribution in [0.25, 0.3) is 0 Å². The van der Waals surface area contributed by atoms with E-state index in [2.05, 4.69) is 51.6 Å². The Labute approximate surface area is 110 Å². The first-order chi connectivity index (χ1) is 7.66. The third kappa shape index (κ3) is 3.06. The number of likely N-dealkylation sites (tertiary alicyclic amines) is 1. The molecule has 0 radical (unpaired) electrons. The third-order valence-corrected chi connectivity index (χ3v) is 5.38. The van der Waals surface area contributed by atoms with Crippen LogP contribution in [0.1, 0.15) is 24.6 Å². The lowest BCUT2D eigenvalue weighted by molar-refractivity contribution is 0.168. The lowest BCUT2D eigenvalue weighted by atomic mass is 9.99. The van der Waals surface area contributed by atoms with E-state index >= 15 is 0 Å². The van der Waals surface area contributed by atoms with Gasteiger partial charge in [0.2, 0.25) is 0 Å². The summed E-state index contributed by atoms with van der Waals surface area (Å²) in [6.45, 7) is 4.53. The molecule has 0 bridgehead atoms. The van der Waals surface area contributed by atoms with Gasteiger partial charge in [-0.15, -0.1) is 11.3 Å². The summed E-state index contributed by atoms with van der Waals surface area (Å²) < 4.78 is 1.24. The van der Waals surface area contributed by atoms with Gasteiger partial charge in [-0.25, -0.2) is 0 Å². The number of hydrogen-bond acceptors (Lipinski definition) is 3. The van der Waals surface area contributed by atoms with Crippen molar-refractivity contribution in [1.29, 1.82) is 0 Å². The van der Waals surface area contributed by atoms with Gasteiger partial charge in [-0.05, 0) is 60.7 Å². The number of rotatable bonds is 3. The van der Waals surface area contributed by atoms with Gasteiger partial charge in [0, 0.05) is 28.0 Å². The fraction of sp³-hybridized carbons (Fsp3) is 0.667. The van der Waals surface area contributed by atoms with Crippen molar-refractivity contribution in [3.8, 4) is 0 Å². The van der Waals surface area contributed by atoms with Crippen LogP contribution in [0, 0.1) is 0 Å². The molecule has 1 aromatic rings. The van der Waals surface area contributed by atoms with Crippen molar-refractivity contribution in [3.05, 3.63) is 20.8 Å². The summed E-state index contributed by atoms with van der Waals surface area (Å²) in [5, 5.41) is 5.81. The fourth-order valence-electron chi connectivity index (χ4n) is 2.16. The summed E-state index contributed by atoms with van der Waals surface area (Å²) in [5.74, 6) is 0. The van der Waals surface area contributed by atoms with Crippen molar-refractivity contribution in [2.45, 2.75) is 38.4 Å². The van der Waals surface area contributed by atoms with Gasteiger partial charge in [-0.3, -0.25) is 0 Å². The van der Waals surface area contributed by atoms with E-state index in [-0.39, 0.29) is 0 Å². The zero-order chi connectivity index (χ0) is 11.5. The Kier molecular flexibility index (Phi) is 4.41. The van der Waals surface area contributed by atoms with Crippen LogP contribution < -0.4 is 5.32 Å². The maximum Gasteiger partial charge on any atom is 0.0327 e. The maximum atomic E-state index is 3.67. The highest BCUT2D eigenvalue weighted by atomic mass is 79.9. The lowest BCUT2D eigenvalue weighted by Gasteiger charge is -2.35. The van der Waals surface area contributed by atoms with E-state index in [0.29, 0.717) is 12.1 Å². The third-order valence-electron chi connectivity index (χ3n) is 3.45. The number of thiophene rings is 1. The average Bonchev–Trinajstić information content (AvgIpc) is 2.66. The molecule has 2 atom stereocenters. The number of nitrogens with one attached hydrogen (secondary N) is 1. The van der Waals surface area contributed by atoms with Gasteiger partial charge in [-0.2, -0.15) is 0 Å². The second-order valence-electron chi connectivity index (χ2n) is 4.62. The summed E-state index contributed by atoms with van der Waals surface area (Å²) >= 11 is 5.39. The van der Waals surface area contributed by atoms with Crippen LogP contribution in [-0.2, 0) is 6.54 Å². The van der Waals surface area contributed by atoms with Crippen molar-refractivity contribution in [1.82, 2.24) is 10.2 Å². The topological polar surface area (TPSA) is 15.3 Å². The first-order valence-electron chi connectivity index (χ1n) is 5.82. The molecule has 0 aliphatic carbocycles. The molecule has 1 fully saturated rings. The minimum absolute atomic E-state index is 0.681. The highest BCUT2D eigenvalue weighted by molar-refractivity contribution is 9.10. The molecule has 1 aliphatic heterocycles. The van der Waals surface area contributed by atoms with Crippen LogP contribution in [0.5, 0.6) is 0 Å². The summed E-state index contributed by atoms with van der Waals surface area (Å²) in [4.78, 5) is 3.85. The molecule has 0 aromatic carbocycles. The molecule has 0 spiro atoms. The standard InChI is InChI=1S/C12H19BrN2S/c1-9-7-10(3-5-15(9)2)14-8-12-11(13)4-6-16-12/h4,6,9-10,14H,3,5,7-8H2,1-2H3. The largest absolute Gasteiger partial charge is 0.309 e. The van der Waals surface area contributed by atoms with Gasteiger partial charge in [0.15, 0.2) is 0 Å². The van der Waals surface area contributed by atoms with E-state index in [1.807, 2.05) is 11.3 Å². The summed E-state index contributed by atoms with van der Waals surface area (Å²) in [7, 11) is 2.22. The SMILES string of the molecule is CC1CC(NCc2sccc2Br)CCN1C. The molecular formula is C12H19BrN2S. The minimum atomic E-state index is 0.681. The molecule has 2 nitrogen and oxygen atoms in total. The van der Waals surface area contributed by atoms with Gasteiger partial charge in [0.25, 0.3) is 0 Å². The molecule has 16 heavy (non-hydrogen) atoms. The Morgan fingerprint density at radius 3 is 3.06 bits per heavy atom. The van der Waals surface area contributed by atoms with E-state index in [9.17, 15) is 0 Å². The molecular weight excluding hydrogens is 284 g/mol. The van der Waals surface area contributed by atoms with Crippen LogP contribution in [0.2, 0.25) is 0 Å². The monoisotopic (exact) mass is 302 g/mol. The number of halogens is 1. The van der Waals surface area contributed by atoms with E-state index < -0.39 is 0 Å². The molecule has 2 heterocycles. The quantitative estimate of drug-likeness (QED) is 0.923. The predicted molar refractivity (Wildman–Crippen MR) is 74.0 cm³/mol. The number of piperidine rings is 1. The molecule has 90 valence electrons. The minimum Gasteiger partial charge on any atom is -0.309 e. The van der Waals surface area contributed by atoms with Crippen LogP contribution in [0.4, 0.5) is 0 Å². The van der Waals surface area contributed by atoms with Crippen molar-refractivity contribution in [2.24, 2.45) is 0 Å². The Morgan fingerprint density at radius 2 is 2.44 bits per heavy atom. The smallest absolute Gasteiger partial charge is 0.0327 e. The molecule has 1 saturated heterocycles. The molecule has 2 unspecified atom stereocenters. The predicted octanol–water partition coefficient (Wildman–Crippen LogP) is 3.08. The fourth-order valence-corrected chi connectivity index (χ4v) is 3.61. The Bertz CT molecular complexity index is 340. The van der Waals surface area contributed by atoms with Crippen molar-refractivity contribution in [2.75, 3.05) is 13.6 Å². The average molecular weight is 303 g/mol. The summed E-state index contributed by atoms with van der Waals surface area (Å²) in [5.41, 5.74) is 0. The summed E-state index contributed by atoms with van der Waals surface area (Å²) in [6.07, 6.45) is 2.53. The number of hydrogen-bond donors (Lipinski definition) is 1. The molecule has 1 aliphatic rings. The van der Waals surface area contributed by atoms with Gasteiger partial charge < -0.3 is 10.2 Å². The van der Waals surface area contributed by atoms with Gasteiger partial charge in [-0.1, -0.05) is 0 Å². The normalized spacial score (nSPS) is 27.2. The first kappa shape index (κ1) is 12.6. The zero-order valence-electron chi connectivity index (χ0n) is 9.87. The summed E-state index contributed by atoms with van der Waals surface area (Å²) in [6, 6.07) is 3.51. The molecule has 0 amide bonds. The van der Waals surface area contributed by atoms with Crippen molar-refractivity contribution < 1.29 is 0 Å². The highest BCUT2D eigenvalue weighted by Gasteiger charge is 2.22. The first-order valence-corrected chi connectivity index (χ1v) is 7.49. The Hall–Kier alpha value is 0.1000.